The van der Waals surface area contributed by atoms with Crippen LogP contribution >= 0.6 is 11.3 Å². The summed E-state index contributed by atoms with van der Waals surface area (Å²) in [7, 11) is 0. The second-order valence-corrected chi connectivity index (χ2v) is 6.40. The fourth-order valence-electron chi connectivity index (χ4n) is 3.17. The van der Waals surface area contributed by atoms with Gasteiger partial charge in [-0.2, -0.15) is 0 Å². The SMILES string of the molecule is CCCCc1csc(C(=O)N2CC3CCC2C3)n1. The first kappa shape index (κ1) is 12.2. The molecule has 3 nitrogen and oxygen atoms in total. The molecule has 3 rings (SSSR count). The molecule has 1 aliphatic carbocycles. The van der Waals surface area contributed by atoms with Crippen LogP contribution in [0.15, 0.2) is 5.38 Å². The molecule has 2 atom stereocenters. The summed E-state index contributed by atoms with van der Waals surface area (Å²) in [6.45, 7) is 3.15. The number of aromatic nitrogens is 1. The summed E-state index contributed by atoms with van der Waals surface area (Å²) in [5.41, 5.74) is 1.09. The van der Waals surface area contributed by atoms with Crippen LogP contribution in [0.2, 0.25) is 0 Å². The van der Waals surface area contributed by atoms with Gasteiger partial charge in [0.2, 0.25) is 0 Å². The van der Waals surface area contributed by atoms with Gasteiger partial charge < -0.3 is 4.90 Å². The molecule has 18 heavy (non-hydrogen) atoms. The summed E-state index contributed by atoms with van der Waals surface area (Å²) in [6.07, 6.45) is 7.08. The van der Waals surface area contributed by atoms with E-state index < -0.39 is 0 Å². The van der Waals surface area contributed by atoms with Crippen molar-refractivity contribution >= 4 is 17.2 Å². The van der Waals surface area contributed by atoms with Gasteiger partial charge in [0.1, 0.15) is 0 Å². The van der Waals surface area contributed by atoms with E-state index >= 15 is 0 Å². The Bertz CT molecular complexity index is 443. The Hall–Kier alpha value is -0.900. The maximum absolute atomic E-state index is 12.4. The number of hydrogen-bond acceptors (Lipinski definition) is 3. The number of carbonyl (C=O) groups excluding carboxylic acids is 1. The summed E-state index contributed by atoms with van der Waals surface area (Å²) >= 11 is 1.52. The molecule has 1 aliphatic heterocycles. The van der Waals surface area contributed by atoms with Gasteiger partial charge in [0.05, 0.1) is 5.69 Å². The smallest absolute Gasteiger partial charge is 0.283 e. The van der Waals surface area contributed by atoms with Gasteiger partial charge in [-0.1, -0.05) is 13.3 Å². The lowest BCUT2D eigenvalue weighted by Gasteiger charge is -2.25. The van der Waals surface area contributed by atoms with Crippen molar-refractivity contribution in [2.75, 3.05) is 6.54 Å². The van der Waals surface area contributed by atoms with Crippen molar-refractivity contribution in [3.05, 3.63) is 16.1 Å². The van der Waals surface area contributed by atoms with Gasteiger partial charge in [0.25, 0.3) is 5.91 Å². The molecule has 1 saturated carbocycles. The number of piperidine rings is 1. The molecule has 1 aromatic rings. The first-order valence-electron chi connectivity index (χ1n) is 7.03. The van der Waals surface area contributed by atoms with Crippen LogP contribution in [0.3, 0.4) is 0 Å². The molecule has 2 bridgehead atoms. The third kappa shape index (κ3) is 2.18. The predicted molar refractivity (Wildman–Crippen MR) is 72.9 cm³/mol. The van der Waals surface area contributed by atoms with E-state index in [4.69, 9.17) is 0 Å². The quantitative estimate of drug-likeness (QED) is 0.837. The molecule has 1 saturated heterocycles. The van der Waals surface area contributed by atoms with Gasteiger partial charge in [-0.3, -0.25) is 4.79 Å². The van der Waals surface area contributed by atoms with Crippen LogP contribution in [-0.4, -0.2) is 28.4 Å². The number of nitrogens with zero attached hydrogens (tertiary/aromatic N) is 2. The average molecular weight is 264 g/mol. The number of carbonyl (C=O) groups is 1. The highest BCUT2D eigenvalue weighted by atomic mass is 32.1. The van der Waals surface area contributed by atoms with Crippen molar-refractivity contribution < 1.29 is 4.79 Å². The molecule has 2 fully saturated rings. The Balaban J connectivity index is 1.67. The van der Waals surface area contributed by atoms with Gasteiger partial charge in [-0.15, -0.1) is 11.3 Å². The number of unbranched alkanes of at least 4 members (excludes halogenated alkanes) is 1. The fraction of sp³-hybridized carbons (Fsp3) is 0.714. The maximum Gasteiger partial charge on any atom is 0.283 e. The third-order valence-corrected chi connectivity index (χ3v) is 5.07. The first-order chi connectivity index (χ1) is 8.78. The zero-order valence-electron chi connectivity index (χ0n) is 10.9. The highest BCUT2D eigenvalue weighted by molar-refractivity contribution is 7.11. The lowest BCUT2D eigenvalue weighted by molar-refractivity contribution is 0.0703. The van der Waals surface area contributed by atoms with E-state index in [1.807, 2.05) is 0 Å². The summed E-state index contributed by atoms with van der Waals surface area (Å²) < 4.78 is 0. The summed E-state index contributed by atoms with van der Waals surface area (Å²) in [4.78, 5) is 19.0. The van der Waals surface area contributed by atoms with E-state index in [9.17, 15) is 4.79 Å². The van der Waals surface area contributed by atoms with Crippen molar-refractivity contribution in [3.63, 3.8) is 0 Å². The lowest BCUT2D eigenvalue weighted by atomic mass is 10.1. The van der Waals surface area contributed by atoms with E-state index in [0.717, 1.165) is 31.0 Å². The molecular weight excluding hydrogens is 244 g/mol. The highest BCUT2D eigenvalue weighted by Crippen LogP contribution is 2.38. The summed E-state index contributed by atoms with van der Waals surface area (Å²) in [6, 6.07) is 0.505. The minimum atomic E-state index is 0.176. The van der Waals surface area contributed by atoms with Gasteiger partial charge in [-0.25, -0.2) is 4.98 Å². The number of fused-ring (bicyclic) bond motifs is 2. The second-order valence-electron chi connectivity index (χ2n) is 5.54. The number of thiazole rings is 1. The Labute approximate surface area is 112 Å². The minimum Gasteiger partial charge on any atom is -0.333 e. The molecule has 2 unspecified atom stereocenters. The van der Waals surface area contributed by atoms with E-state index in [-0.39, 0.29) is 5.91 Å². The molecule has 2 aliphatic rings. The second kappa shape index (κ2) is 5.00. The standard InChI is InChI=1S/C14H20N2OS/c1-2-3-4-11-9-18-13(15-11)14(17)16-8-10-5-6-12(16)7-10/h9-10,12H,2-8H2,1H3. The Kier molecular flexibility index (Phi) is 3.37. The molecule has 2 heterocycles. The third-order valence-electron chi connectivity index (χ3n) is 4.19. The van der Waals surface area contributed by atoms with Crippen LogP contribution in [0.1, 0.15) is 54.5 Å². The van der Waals surface area contributed by atoms with Crippen molar-refractivity contribution in [1.29, 1.82) is 0 Å². The minimum absolute atomic E-state index is 0.176. The molecule has 1 amide bonds. The Morgan fingerprint density at radius 2 is 2.44 bits per heavy atom. The monoisotopic (exact) mass is 264 g/mol. The molecule has 4 heteroatoms. The van der Waals surface area contributed by atoms with E-state index in [1.165, 1.54) is 37.0 Å². The molecule has 0 aromatic carbocycles. The zero-order chi connectivity index (χ0) is 12.5. The number of rotatable bonds is 4. The lowest BCUT2D eigenvalue weighted by Crippen LogP contribution is -2.37. The van der Waals surface area contributed by atoms with Gasteiger partial charge in [-0.05, 0) is 38.0 Å². The van der Waals surface area contributed by atoms with Crippen LogP contribution in [0, 0.1) is 5.92 Å². The van der Waals surface area contributed by atoms with Crippen LogP contribution in [0.25, 0.3) is 0 Å². The zero-order valence-corrected chi connectivity index (χ0v) is 11.7. The highest BCUT2D eigenvalue weighted by Gasteiger charge is 2.41. The van der Waals surface area contributed by atoms with Crippen LogP contribution in [0.4, 0.5) is 0 Å². The number of amides is 1. The normalized spacial score (nSPS) is 25.9. The van der Waals surface area contributed by atoms with Crippen molar-refractivity contribution in [2.24, 2.45) is 5.92 Å². The Morgan fingerprint density at radius 3 is 3.11 bits per heavy atom. The first-order valence-corrected chi connectivity index (χ1v) is 7.91. The largest absolute Gasteiger partial charge is 0.333 e. The molecule has 0 radical (unpaired) electrons. The van der Waals surface area contributed by atoms with Crippen LogP contribution in [-0.2, 0) is 6.42 Å². The number of likely N-dealkylation sites (tertiary alicyclic amines) is 1. The Morgan fingerprint density at radius 1 is 1.56 bits per heavy atom. The number of aryl methyl sites for hydroxylation is 1. The topological polar surface area (TPSA) is 33.2 Å². The maximum atomic E-state index is 12.4. The molecule has 1 aromatic heterocycles. The molecular formula is C14H20N2OS. The molecule has 0 spiro atoms. The fourth-order valence-corrected chi connectivity index (χ4v) is 3.98. The summed E-state index contributed by atoms with van der Waals surface area (Å²) in [5.74, 6) is 0.938. The van der Waals surface area contributed by atoms with Gasteiger partial charge >= 0.3 is 0 Å². The van der Waals surface area contributed by atoms with E-state index in [0.29, 0.717) is 11.0 Å². The number of hydrogen-bond donors (Lipinski definition) is 0. The van der Waals surface area contributed by atoms with Crippen LogP contribution in [0.5, 0.6) is 0 Å². The molecule has 98 valence electrons. The van der Waals surface area contributed by atoms with Crippen molar-refractivity contribution in [1.82, 2.24) is 9.88 Å². The average Bonchev–Trinajstić information content (AvgIpc) is 3.10. The summed E-state index contributed by atoms with van der Waals surface area (Å²) in [5, 5.41) is 2.76. The predicted octanol–water partition coefficient (Wildman–Crippen LogP) is 3.11. The van der Waals surface area contributed by atoms with Gasteiger partial charge in [0, 0.05) is 18.0 Å². The van der Waals surface area contributed by atoms with E-state index in [1.54, 1.807) is 0 Å². The van der Waals surface area contributed by atoms with Gasteiger partial charge in [0.15, 0.2) is 5.01 Å². The van der Waals surface area contributed by atoms with Crippen molar-refractivity contribution in [3.8, 4) is 0 Å². The van der Waals surface area contributed by atoms with Crippen LogP contribution < -0.4 is 0 Å². The molecule has 0 N–H and O–H groups in total. The van der Waals surface area contributed by atoms with Crippen molar-refractivity contribution in [2.45, 2.75) is 51.5 Å². The van der Waals surface area contributed by atoms with E-state index in [2.05, 4.69) is 22.2 Å².